The molecule has 0 radical (unpaired) electrons. The number of hydrogen-bond acceptors (Lipinski definition) is 5. The molecule has 7 nitrogen and oxygen atoms in total. The Morgan fingerprint density at radius 3 is 2.28 bits per heavy atom. The summed E-state index contributed by atoms with van der Waals surface area (Å²) in [6, 6.07) is 12.1. The minimum Gasteiger partial charge on any atom is -0.478 e. The Kier molecular flexibility index (Phi) is 10.3. The molecule has 1 aliphatic rings. The van der Waals surface area contributed by atoms with E-state index in [4.69, 9.17) is 4.84 Å². The molecule has 0 heterocycles. The molecule has 39 heavy (non-hydrogen) atoms. The summed E-state index contributed by atoms with van der Waals surface area (Å²) >= 11 is 0. The Bertz CT molecular complexity index is 1180. The van der Waals surface area contributed by atoms with Crippen LogP contribution in [0.15, 0.2) is 47.6 Å². The number of benzene rings is 2. The molecule has 7 heteroatoms. The number of rotatable bonds is 13. The number of para-hydroxylation sites is 1. The zero-order valence-electron chi connectivity index (χ0n) is 24.0. The highest BCUT2D eigenvalue weighted by Gasteiger charge is 2.37. The van der Waals surface area contributed by atoms with Gasteiger partial charge in [0.1, 0.15) is 0 Å². The van der Waals surface area contributed by atoms with Crippen LogP contribution >= 0.6 is 0 Å². The number of carboxylic acids is 1. The lowest BCUT2D eigenvalue weighted by atomic mass is 9.63. The number of hydrogen-bond donors (Lipinski definition) is 3. The molecule has 212 valence electrons. The van der Waals surface area contributed by atoms with Crippen molar-refractivity contribution in [2.24, 2.45) is 5.16 Å². The summed E-state index contributed by atoms with van der Waals surface area (Å²) in [6.45, 7) is 11.0. The third-order valence-electron chi connectivity index (χ3n) is 7.82. The molecule has 3 rings (SSSR count). The number of unbranched alkanes of at least 4 members (excludes halogenated alkanes) is 5. The SMILES string of the molecule is CCCCCCCCC(O)ON=C(C(=O)Nc1ccccc1C(=O)O)c1ccc2c(c1)C(C)(C)CCC2(C)C. The lowest BCUT2D eigenvalue weighted by molar-refractivity contribution is -0.113. The Morgan fingerprint density at radius 2 is 1.59 bits per heavy atom. The normalized spacial score (nSPS) is 16.7. The molecule has 0 saturated heterocycles. The van der Waals surface area contributed by atoms with Crippen molar-refractivity contribution in [2.75, 3.05) is 5.32 Å². The van der Waals surface area contributed by atoms with Crippen molar-refractivity contribution in [1.82, 2.24) is 0 Å². The summed E-state index contributed by atoms with van der Waals surface area (Å²) in [5.41, 5.74) is 2.98. The molecule has 1 amide bonds. The van der Waals surface area contributed by atoms with Gasteiger partial charge in [-0.15, -0.1) is 0 Å². The first kappa shape index (κ1) is 30.4. The predicted molar refractivity (Wildman–Crippen MR) is 155 cm³/mol. The highest BCUT2D eigenvalue weighted by molar-refractivity contribution is 6.49. The number of amides is 1. The van der Waals surface area contributed by atoms with Crippen LogP contribution in [0.5, 0.6) is 0 Å². The van der Waals surface area contributed by atoms with Crippen molar-refractivity contribution in [2.45, 2.75) is 110 Å². The van der Waals surface area contributed by atoms with Gasteiger partial charge in [-0.05, 0) is 59.4 Å². The molecular weight excluding hydrogens is 492 g/mol. The maximum atomic E-state index is 13.5. The molecule has 0 saturated carbocycles. The average molecular weight is 537 g/mol. The fraction of sp³-hybridized carbons (Fsp3) is 0.531. The summed E-state index contributed by atoms with van der Waals surface area (Å²) in [5, 5.41) is 26.8. The van der Waals surface area contributed by atoms with E-state index in [1.54, 1.807) is 12.1 Å². The molecule has 1 atom stereocenters. The van der Waals surface area contributed by atoms with Gasteiger partial charge in [0.05, 0.1) is 11.3 Å². The second kappa shape index (κ2) is 13.2. The van der Waals surface area contributed by atoms with Gasteiger partial charge < -0.3 is 20.4 Å². The van der Waals surface area contributed by atoms with Gasteiger partial charge in [0.2, 0.25) is 6.29 Å². The first-order valence-corrected chi connectivity index (χ1v) is 14.2. The second-order valence-corrected chi connectivity index (χ2v) is 11.9. The zero-order valence-corrected chi connectivity index (χ0v) is 24.0. The minimum atomic E-state index is -1.15. The molecule has 2 aromatic rings. The maximum absolute atomic E-state index is 13.5. The van der Waals surface area contributed by atoms with Gasteiger partial charge in [0, 0.05) is 12.0 Å². The molecule has 2 aromatic carbocycles. The molecule has 1 aliphatic carbocycles. The summed E-state index contributed by atoms with van der Waals surface area (Å²) in [6.07, 6.45) is 7.83. The van der Waals surface area contributed by atoms with Crippen molar-refractivity contribution < 1.29 is 24.6 Å². The van der Waals surface area contributed by atoms with Gasteiger partial charge in [-0.3, -0.25) is 4.79 Å². The van der Waals surface area contributed by atoms with Gasteiger partial charge in [0.15, 0.2) is 5.71 Å². The van der Waals surface area contributed by atoms with Crippen LogP contribution < -0.4 is 5.32 Å². The van der Waals surface area contributed by atoms with Crippen molar-refractivity contribution >= 4 is 23.3 Å². The Morgan fingerprint density at radius 1 is 0.949 bits per heavy atom. The summed E-state index contributed by atoms with van der Waals surface area (Å²) in [7, 11) is 0. The number of anilines is 1. The van der Waals surface area contributed by atoms with Gasteiger partial charge in [-0.25, -0.2) is 4.79 Å². The minimum absolute atomic E-state index is 0.00714. The number of aliphatic hydroxyl groups is 1. The molecule has 0 spiro atoms. The molecule has 1 unspecified atom stereocenters. The van der Waals surface area contributed by atoms with Crippen LogP contribution in [0.4, 0.5) is 5.69 Å². The van der Waals surface area contributed by atoms with Crippen LogP contribution in [-0.2, 0) is 20.5 Å². The van der Waals surface area contributed by atoms with Crippen LogP contribution in [-0.4, -0.2) is 34.1 Å². The number of carbonyl (C=O) groups excluding carboxylic acids is 1. The second-order valence-electron chi connectivity index (χ2n) is 11.9. The fourth-order valence-electron chi connectivity index (χ4n) is 5.19. The third-order valence-corrected chi connectivity index (χ3v) is 7.82. The van der Waals surface area contributed by atoms with E-state index in [0.717, 1.165) is 37.7 Å². The van der Waals surface area contributed by atoms with Crippen LogP contribution in [0.1, 0.15) is 119 Å². The van der Waals surface area contributed by atoms with Gasteiger partial charge in [0.25, 0.3) is 5.91 Å². The van der Waals surface area contributed by atoms with Crippen molar-refractivity contribution in [1.29, 1.82) is 0 Å². The summed E-state index contributed by atoms with van der Waals surface area (Å²) < 4.78 is 0. The third kappa shape index (κ3) is 7.91. The largest absolute Gasteiger partial charge is 0.478 e. The Hall–Kier alpha value is -3.19. The zero-order chi connectivity index (χ0) is 28.6. The number of aromatic carboxylic acids is 1. The first-order valence-electron chi connectivity index (χ1n) is 14.2. The van der Waals surface area contributed by atoms with E-state index in [2.05, 4.69) is 45.1 Å². The van der Waals surface area contributed by atoms with E-state index in [0.29, 0.717) is 12.0 Å². The Labute approximate surface area is 232 Å². The topological polar surface area (TPSA) is 108 Å². The first-order chi connectivity index (χ1) is 18.5. The average Bonchev–Trinajstić information content (AvgIpc) is 2.89. The number of carboxylic acid groups (broad SMARTS) is 1. The van der Waals surface area contributed by atoms with Crippen LogP contribution in [0.3, 0.4) is 0 Å². The van der Waals surface area contributed by atoms with Crippen LogP contribution in [0, 0.1) is 0 Å². The lowest BCUT2D eigenvalue weighted by Crippen LogP contribution is -2.34. The monoisotopic (exact) mass is 536 g/mol. The molecule has 0 aliphatic heterocycles. The van der Waals surface area contributed by atoms with E-state index < -0.39 is 18.2 Å². The molecule has 3 N–H and O–H groups in total. The molecule has 0 bridgehead atoms. The maximum Gasteiger partial charge on any atom is 0.337 e. The fourth-order valence-corrected chi connectivity index (χ4v) is 5.19. The number of carbonyl (C=O) groups is 2. The van der Waals surface area contributed by atoms with E-state index in [9.17, 15) is 19.8 Å². The van der Waals surface area contributed by atoms with E-state index in [-0.39, 0.29) is 27.8 Å². The highest BCUT2D eigenvalue weighted by Crippen LogP contribution is 2.46. The summed E-state index contributed by atoms with van der Waals surface area (Å²) in [4.78, 5) is 30.6. The van der Waals surface area contributed by atoms with Gasteiger partial charge in [-0.2, -0.15) is 0 Å². The lowest BCUT2D eigenvalue weighted by Gasteiger charge is -2.42. The molecule has 0 fully saturated rings. The van der Waals surface area contributed by atoms with Crippen LogP contribution in [0.2, 0.25) is 0 Å². The highest BCUT2D eigenvalue weighted by atomic mass is 16.7. The molecular formula is C32H44N2O5. The van der Waals surface area contributed by atoms with Crippen molar-refractivity contribution in [3.8, 4) is 0 Å². The number of aliphatic hydroxyl groups excluding tert-OH is 1. The van der Waals surface area contributed by atoms with Gasteiger partial charge in [-0.1, -0.05) is 96.1 Å². The Balaban J connectivity index is 1.89. The van der Waals surface area contributed by atoms with Crippen molar-refractivity contribution in [3.05, 3.63) is 64.7 Å². The van der Waals surface area contributed by atoms with Gasteiger partial charge >= 0.3 is 5.97 Å². The predicted octanol–water partition coefficient (Wildman–Crippen LogP) is 7.16. The van der Waals surface area contributed by atoms with E-state index in [1.807, 2.05) is 18.2 Å². The van der Waals surface area contributed by atoms with Crippen LogP contribution in [0.25, 0.3) is 0 Å². The smallest absolute Gasteiger partial charge is 0.337 e. The number of oxime groups is 1. The summed E-state index contributed by atoms with van der Waals surface area (Å²) in [5.74, 6) is -1.75. The van der Waals surface area contributed by atoms with E-state index in [1.165, 1.54) is 37.0 Å². The standard InChI is InChI=1S/C32H44N2O5/c1-6-7-8-9-10-11-16-27(35)39-34-28(29(36)33-26-15-13-12-14-23(26)30(37)38)22-17-18-24-25(21-22)32(4,5)20-19-31(24,2)3/h12-15,17-18,21,27,35H,6-11,16,19-20H2,1-5H3,(H,33,36)(H,37,38). The quantitative estimate of drug-likeness (QED) is 0.109. The van der Waals surface area contributed by atoms with E-state index >= 15 is 0 Å². The number of nitrogens with one attached hydrogen (secondary N) is 1. The molecule has 0 aromatic heterocycles. The number of fused-ring (bicyclic) bond motifs is 1. The number of nitrogens with zero attached hydrogens (tertiary/aromatic N) is 1. The van der Waals surface area contributed by atoms with Crippen molar-refractivity contribution in [3.63, 3.8) is 0 Å².